The molecule has 0 amide bonds. The molecule has 0 heterocycles. The van der Waals surface area contributed by atoms with Crippen molar-refractivity contribution in [2.24, 2.45) is 0 Å². The number of carbonyl (C=O) groups excluding carboxylic acids is 1. The molecule has 24 heavy (non-hydrogen) atoms. The van der Waals surface area contributed by atoms with Gasteiger partial charge in [-0.15, -0.1) is 0 Å². The van der Waals surface area contributed by atoms with Gasteiger partial charge >= 0.3 is 5.97 Å². The Bertz CT molecular complexity index is 832. The molecule has 0 aliphatic carbocycles. The van der Waals surface area contributed by atoms with E-state index in [0.29, 0.717) is 5.56 Å². The van der Waals surface area contributed by atoms with Gasteiger partial charge in [0.15, 0.2) is 0 Å². The summed E-state index contributed by atoms with van der Waals surface area (Å²) >= 11 is 0. The van der Waals surface area contributed by atoms with Gasteiger partial charge in [-0.1, -0.05) is 35.9 Å². The van der Waals surface area contributed by atoms with Crippen LogP contribution < -0.4 is 4.72 Å². The van der Waals surface area contributed by atoms with Crippen LogP contribution in [0.15, 0.2) is 42.5 Å². The maximum absolute atomic E-state index is 14.0. The third-order valence-electron chi connectivity index (χ3n) is 3.43. The Labute approximate surface area is 140 Å². The Morgan fingerprint density at radius 3 is 2.42 bits per heavy atom. The molecule has 0 aliphatic heterocycles. The van der Waals surface area contributed by atoms with Gasteiger partial charge in [0.05, 0.1) is 18.4 Å². The third kappa shape index (κ3) is 4.87. The maximum Gasteiger partial charge on any atom is 0.337 e. The van der Waals surface area contributed by atoms with Crippen LogP contribution in [0.25, 0.3) is 0 Å². The largest absolute Gasteiger partial charge is 0.465 e. The normalized spacial score (nSPS) is 11.3. The molecule has 0 saturated heterocycles. The zero-order valence-electron chi connectivity index (χ0n) is 13.4. The van der Waals surface area contributed by atoms with E-state index in [4.69, 9.17) is 0 Å². The van der Waals surface area contributed by atoms with Crippen LogP contribution in [-0.2, 0) is 27.1 Å². The summed E-state index contributed by atoms with van der Waals surface area (Å²) in [4.78, 5) is 11.3. The molecule has 2 rings (SSSR count). The summed E-state index contributed by atoms with van der Waals surface area (Å²) in [6.45, 7) is 1.72. The Morgan fingerprint density at radius 2 is 1.83 bits per heavy atom. The number of rotatable bonds is 6. The average molecular weight is 351 g/mol. The van der Waals surface area contributed by atoms with Crippen molar-refractivity contribution in [3.05, 3.63) is 70.5 Å². The van der Waals surface area contributed by atoms with Gasteiger partial charge in [-0.05, 0) is 24.6 Å². The predicted octanol–water partition coefficient (Wildman–Crippen LogP) is 2.54. The highest BCUT2D eigenvalue weighted by Crippen LogP contribution is 2.13. The number of hydrogen-bond acceptors (Lipinski definition) is 4. The molecule has 0 radical (unpaired) electrons. The first-order chi connectivity index (χ1) is 11.3. The molecular formula is C17H18FNO4S. The first-order valence-corrected chi connectivity index (χ1v) is 8.85. The summed E-state index contributed by atoms with van der Waals surface area (Å²) < 4.78 is 45.0. The summed E-state index contributed by atoms with van der Waals surface area (Å²) in [7, 11) is -2.40. The Kier molecular flexibility index (Phi) is 5.69. The molecule has 0 aliphatic rings. The number of carbonyl (C=O) groups is 1. The van der Waals surface area contributed by atoms with E-state index in [-0.39, 0.29) is 23.4 Å². The smallest absolute Gasteiger partial charge is 0.337 e. The fourth-order valence-electron chi connectivity index (χ4n) is 2.08. The number of hydrogen-bond donors (Lipinski definition) is 1. The van der Waals surface area contributed by atoms with E-state index in [2.05, 4.69) is 9.46 Å². The molecular weight excluding hydrogens is 333 g/mol. The van der Waals surface area contributed by atoms with Gasteiger partial charge in [0, 0.05) is 12.1 Å². The lowest BCUT2D eigenvalue weighted by Gasteiger charge is -2.09. The Morgan fingerprint density at radius 1 is 1.17 bits per heavy atom. The molecule has 0 unspecified atom stereocenters. The molecule has 2 aromatic carbocycles. The molecule has 1 N–H and O–H groups in total. The third-order valence-corrected chi connectivity index (χ3v) is 4.73. The van der Waals surface area contributed by atoms with Crippen molar-refractivity contribution in [1.82, 2.24) is 4.72 Å². The standard InChI is InChI=1S/C17H18FNO4S/c1-12-3-5-13(6-4-12)11-24(21,22)19-10-15-8-7-14(9-16(15)18)17(20)23-2/h3-9,19H,10-11H2,1-2H3. The fraction of sp³-hybridized carbons (Fsp3) is 0.235. The summed E-state index contributed by atoms with van der Waals surface area (Å²) in [6, 6.07) is 10.9. The number of methoxy groups -OCH3 is 1. The van der Waals surface area contributed by atoms with Gasteiger partial charge in [-0.2, -0.15) is 0 Å². The number of ether oxygens (including phenoxy) is 1. The summed E-state index contributed by atoms with van der Waals surface area (Å²) in [5.74, 6) is -1.51. The average Bonchev–Trinajstić information content (AvgIpc) is 2.55. The number of halogens is 1. The van der Waals surface area contributed by atoms with E-state index in [0.717, 1.165) is 11.6 Å². The summed E-state index contributed by atoms with van der Waals surface area (Å²) in [5, 5.41) is 0. The monoisotopic (exact) mass is 351 g/mol. The molecule has 0 bridgehead atoms. The highest BCUT2D eigenvalue weighted by molar-refractivity contribution is 7.88. The predicted molar refractivity (Wildman–Crippen MR) is 88.4 cm³/mol. The summed E-state index contributed by atoms with van der Waals surface area (Å²) in [6.07, 6.45) is 0. The first-order valence-electron chi connectivity index (χ1n) is 7.20. The Balaban J connectivity index is 2.04. The van der Waals surface area contributed by atoms with Crippen molar-refractivity contribution in [3.8, 4) is 0 Å². The molecule has 0 aromatic heterocycles. The molecule has 0 fully saturated rings. The van der Waals surface area contributed by atoms with Crippen LogP contribution in [0, 0.1) is 12.7 Å². The second-order valence-electron chi connectivity index (χ2n) is 5.36. The highest BCUT2D eigenvalue weighted by atomic mass is 32.2. The van der Waals surface area contributed by atoms with Gasteiger partial charge in [-0.3, -0.25) is 0 Å². The van der Waals surface area contributed by atoms with Crippen LogP contribution in [0.2, 0.25) is 0 Å². The number of sulfonamides is 1. The number of benzene rings is 2. The van der Waals surface area contributed by atoms with E-state index in [1.54, 1.807) is 12.1 Å². The number of esters is 1. The fourth-order valence-corrected chi connectivity index (χ4v) is 3.19. The van der Waals surface area contributed by atoms with E-state index < -0.39 is 21.8 Å². The molecule has 0 atom stereocenters. The molecule has 0 spiro atoms. The van der Waals surface area contributed by atoms with Crippen LogP contribution in [0.4, 0.5) is 4.39 Å². The van der Waals surface area contributed by atoms with Gasteiger partial charge in [0.1, 0.15) is 5.82 Å². The van der Waals surface area contributed by atoms with Crippen molar-refractivity contribution in [2.45, 2.75) is 19.2 Å². The quantitative estimate of drug-likeness (QED) is 0.812. The second-order valence-corrected chi connectivity index (χ2v) is 7.17. The van der Waals surface area contributed by atoms with Gasteiger partial charge in [0.2, 0.25) is 10.0 Å². The lowest BCUT2D eigenvalue weighted by molar-refractivity contribution is 0.0600. The first kappa shape index (κ1) is 18.1. The molecule has 2 aromatic rings. The van der Waals surface area contributed by atoms with Crippen LogP contribution in [0.3, 0.4) is 0 Å². The molecule has 7 heteroatoms. The second kappa shape index (κ2) is 7.55. The minimum Gasteiger partial charge on any atom is -0.465 e. The lowest BCUT2D eigenvalue weighted by Crippen LogP contribution is -2.25. The van der Waals surface area contributed by atoms with Crippen LogP contribution in [0.5, 0.6) is 0 Å². The van der Waals surface area contributed by atoms with Crippen molar-refractivity contribution in [3.63, 3.8) is 0 Å². The summed E-state index contributed by atoms with van der Waals surface area (Å²) in [5.41, 5.74) is 1.91. The van der Waals surface area contributed by atoms with Gasteiger partial charge in [-0.25, -0.2) is 22.3 Å². The van der Waals surface area contributed by atoms with Crippen molar-refractivity contribution in [2.75, 3.05) is 7.11 Å². The minimum atomic E-state index is -3.60. The lowest BCUT2D eigenvalue weighted by atomic mass is 10.1. The van der Waals surface area contributed by atoms with Crippen LogP contribution in [-0.4, -0.2) is 21.5 Å². The molecule has 5 nitrogen and oxygen atoms in total. The van der Waals surface area contributed by atoms with Crippen LogP contribution in [0.1, 0.15) is 27.0 Å². The molecule has 0 saturated carbocycles. The number of nitrogens with one attached hydrogen (secondary N) is 1. The minimum absolute atomic E-state index is 0.0706. The zero-order valence-corrected chi connectivity index (χ0v) is 14.2. The van der Waals surface area contributed by atoms with Gasteiger partial charge in [0.25, 0.3) is 0 Å². The van der Waals surface area contributed by atoms with Crippen molar-refractivity contribution in [1.29, 1.82) is 0 Å². The van der Waals surface area contributed by atoms with Crippen molar-refractivity contribution < 1.29 is 22.3 Å². The van der Waals surface area contributed by atoms with Gasteiger partial charge < -0.3 is 4.74 Å². The van der Waals surface area contributed by atoms with E-state index in [9.17, 15) is 17.6 Å². The van der Waals surface area contributed by atoms with Crippen molar-refractivity contribution >= 4 is 16.0 Å². The van der Waals surface area contributed by atoms with E-state index in [1.807, 2.05) is 19.1 Å². The zero-order chi connectivity index (χ0) is 17.7. The Hall–Kier alpha value is -2.25. The van der Waals surface area contributed by atoms with E-state index in [1.165, 1.54) is 19.2 Å². The number of aryl methyl sites for hydroxylation is 1. The SMILES string of the molecule is COC(=O)c1ccc(CNS(=O)(=O)Cc2ccc(C)cc2)c(F)c1. The topological polar surface area (TPSA) is 72.5 Å². The highest BCUT2D eigenvalue weighted by Gasteiger charge is 2.14. The van der Waals surface area contributed by atoms with Crippen LogP contribution >= 0.6 is 0 Å². The molecule has 128 valence electrons. The van der Waals surface area contributed by atoms with E-state index >= 15 is 0 Å². The maximum atomic E-state index is 14.0.